The standard InChI is InChI=1S/C13H17NO2/c1-3-6-14-12(11-5-7-15-9-11)13-10(2)4-8-16-13/h4-5,7-9,12,14H,3,6H2,1-2H3. The molecule has 0 radical (unpaired) electrons. The van der Waals surface area contributed by atoms with Crippen LogP contribution >= 0.6 is 0 Å². The summed E-state index contributed by atoms with van der Waals surface area (Å²) in [5.74, 6) is 0.967. The molecule has 16 heavy (non-hydrogen) atoms. The van der Waals surface area contributed by atoms with E-state index in [0.717, 1.165) is 29.9 Å². The summed E-state index contributed by atoms with van der Waals surface area (Å²) in [5.41, 5.74) is 2.27. The fraction of sp³-hybridized carbons (Fsp3) is 0.385. The number of furan rings is 2. The molecule has 2 rings (SSSR count). The zero-order valence-electron chi connectivity index (χ0n) is 9.69. The Morgan fingerprint density at radius 3 is 2.75 bits per heavy atom. The number of hydrogen-bond donors (Lipinski definition) is 1. The maximum absolute atomic E-state index is 5.54. The van der Waals surface area contributed by atoms with Gasteiger partial charge in [-0.25, -0.2) is 0 Å². The molecule has 0 aliphatic carbocycles. The second kappa shape index (κ2) is 5.03. The molecule has 86 valence electrons. The van der Waals surface area contributed by atoms with E-state index in [2.05, 4.69) is 19.2 Å². The van der Waals surface area contributed by atoms with Gasteiger partial charge in [-0.15, -0.1) is 0 Å². The van der Waals surface area contributed by atoms with Crippen molar-refractivity contribution in [2.45, 2.75) is 26.3 Å². The summed E-state index contributed by atoms with van der Waals surface area (Å²) >= 11 is 0. The lowest BCUT2D eigenvalue weighted by molar-refractivity contribution is 0.440. The van der Waals surface area contributed by atoms with Crippen molar-refractivity contribution in [3.05, 3.63) is 47.8 Å². The van der Waals surface area contributed by atoms with Gasteiger partial charge in [0.2, 0.25) is 0 Å². The maximum Gasteiger partial charge on any atom is 0.128 e. The molecule has 0 aromatic carbocycles. The minimum absolute atomic E-state index is 0.0914. The van der Waals surface area contributed by atoms with Crippen molar-refractivity contribution in [3.63, 3.8) is 0 Å². The molecule has 0 aliphatic heterocycles. The third kappa shape index (κ3) is 2.19. The van der Waals surface area contributed by atoms with E-state index in [9.17, 15) is 0 Å². The predicted molar refractivity (Wildman–Crippen MR) is 62.3 cm³/mol. The first-order valence-corrected chi connectivity index (χ1v) is 5.62. The molecule has 0 saturated carbocycles. The van der Waals surface area contributed by atoms with Crippen LogP contribution in [0.25, 0.3) is 0 Å². The molecule has 0 fully saturated rings. The number of aryl methyl sites for hydroxylation is 1. The lowest BCUT2D eigenvalue weighted by atomic mass is 10.1. The van der Waals surface area contributed by atoms with Crippen LogP contribution in [0.5, 0.6) is 0 Å². The molecule has 0 bridgehead atoms. The average Bonchev–Trinajstić information content (AvgIpc) is 2.91. The molecule has 2 heterocycles. The second-order valence-corrected chi connectivity index (χ2v) is 3.91. The molecule has 2 aromatic rings. The van der Waals surface area contributed by atoms with Crippen molar-refractivity contribution in [1.29, 1.82) is 0 Å². The van der Waals surface area contributed by atoms with Crippen LogP contribution in [-0.2, 0) is 0 Å². The summed E-state index contributed by atoms with van der Waals surface area (Å²) in [6.07, 6.45) is 6.27. The van der Waals surface area contributed by atoms with Crippen LogP contribution in [0.15, 0.2) is 39.8 Å². The Labute approximate surface area is 95.5 Å². The Kier molecular flexibility index (Phi) is 3.47. The Bertz CT molecular complexity index is 417. The van der Waals surface area contributed by atoms with E-state index in [-0.39, 0.29) is 6.04 Å². The quantitative estimate of drug-likeness (QED) is 0.838. The highest BCUT2D eigenvalue weighted by atomic mass is 16.3. The van der Waals surface area contributed by atoms with Gasteiger partial charge in [-0.3, -0.25) is 0 Å². The Balaban J connectivity index is 2.25. The molecule has 0 aliphatic rings. The van der Waals surface area contributed by atoms with Crippen LogP contribution in [0, 0.1) is 6.92 Å². The Morgan fingerprint density at radius 1 is 1.31 bits per heavy atom. The molecule has 2 aromatic heterocycles. The number of rotatable bonds is 5. The van der Waals surface area contributed by atoms with Gasteiger partial charge in [-0.05, 0) is 37.6 Å². The molecule has 1 atom stereocenters. The normalized spacial score (nSPS) is 12.9. The molecule has 1 unspecified atom stereocenters. The van der Waals surface area contributed by atoms with Crippen LogP contribution in [0.2, 0.25) is 0 Å². The monoisotopic (exact) mass is 219 g/mol. The second-order valence-electron chi connectivity index (χ2n) is 3.91. The number of nitrogens with one attached hydrogen (secondary N) is 1. The van der Waals surface area contributed by atoms with E-state index in [0.29, 0.717) is 0 Å². The largest absolute Gasteiger partial charge is 0.472 e. The van der Waals surface area contributed by atoms with Crippen LogP contribution in [-0.4, -0.2) is 6.54 Å². The fourth-order valence-electron chi connectivity index (χ4n) is 1.77. The van der Waals surface area contributed by atoms with E-state index in [4.69, 9.17) is 8.83 Å². The van der Waals surface area contributed by atoms with Crippen LogP contribution in [0.3, 0.4) is 0 Å². The van der Waals surface area contributed by atoms with Gasteiger partial charge >= 0.3 is 0 Å². The topological polar surface area (TPSA) is 38.3 Å². The van der Waals surface area contributed by atoms with E-state index >= 15 is 0 Å². The summed E-state index contributed by atoms with van der Waals surface area (Å²) in [4.78, 5) is 0. The molecular formula is C13H17NO2. The van der Waals surface area contributed by atoms with E-state index in [1.54, 1.807) is 18.8 Å². The maximum atomic E-state index is 5.54. The van der Waals surface area contributed by atoms with Gasteiger partial charge in [0.15, 0.2) is 0 Å². The predicted octanol–water partition coefficient (Wildman–Crippen LogP) is 3.27. The molecule has 0 amide bonds. The Hall–Kier alpha value is -1.48. The highest BCUT2D eigenvalue weighted by Gasteiger charge is 2.19. The van der Waals surface area contributed by atoms with Crippen molar-refractivity contribution in [2.75, 3.05) is 6.54 Å². The van der Waals surface area contributed by atoms with E-state index in [1.165, 1.54) is 0 Å². The minimum atomic E-state index is 0.0914. The first-order chi connectivity index (χ1) is 7.83. The molecule has 0 saturated heterocycles. The van der Waals surface area contributed by atoms with Gasteiger partial charge in [-0.1, -0.05) is 6.92 Å². The summed E-state index contributed by atoms with van der Waals surface area (Å²) in [7, 11) is 0. The SMILES string of the molecule is CCCNC(c1ccoc1)c1occc1C. The van der Waals surface area contributed by atoms with Gasteiger partial charge in [0.05, 0.1) is 24.8 Å². The first-order valence-electron chi connectivity index (χ1n) is 5.62. The van der Waals surface area contributed by atoms with Crippen molar-refractivity contribution >= 4 is 0 Å². The van der Waals surface area contributed by atoms with Crippen molar-refractivity contribution < 1.29 is 8.83 Å². The molecule has 3 nitrogen and oxygen atoms in total. The summed E-state index contributed by atoms with van der Waals surface area (Å²) < 4.78 is 10.7. The molecule has 3 heteroatoms. The van der Waals surface area contributed by atoms with Crippen molar-refractivity contribution in [2.24, 2.45) is 0 Å². The van der Waals surface area contributed by atoms with Crippen LogP contribution in [0.4, 0.5) is 0 Å². The lowest BCUT2D eigenvalue weighted by Gasteiger charge is -2.15. The van der Waals surface area contributed by atoms with E-state index in [1.807, 2.05) is 12.1 Å². The zero-order valence-corrected chi connectivity index (χ0v) is 9.69. The zero-order chi connectivity index (χ0) is 11.4. The lowest BCUT2D eigenvalue weighted by Crippen LogP contribution is -2.22. The van der Waals surface area contributed by atoms with Gasteiger partial charge in [-0.2, -0.15) is 0 Å². The van der Waals surface area contributed by atoms with Crippen LogP contribution in [0.1, 0.15) is 36.3 Å². The minimum Gasteiger partial charge on any atom is -0.472 e. The average molecular weight is 219 g/mol. The highest BCUT2D eigenvalue weighted by Crippen LogP contribution is 2.25. The molecule has 1 N–H and O–H groups in total. The smallest absolute Gasteiger partial charge is 0.128 e. The summed E-state index contributed by atoms with van der Waals surface area (Å²) in [6, 6.07) is 4.04. The van der Waals surface area contributed by atoms with E-state index < -0.39 is 0 Å². The highest BCUT2D eigenvalue weighted by molar-refractivity contribution is 5.28. The van der Waals surface area contributed by atoms with Crippen molar-refractivity contribution in [3.8, 4) is 0 Å². The summed E-state index contributed by atoms with van der Waals surface area (Å²) in [6.45, 7) is 5.16. The van der Waals surface area contributed by atoms with Gasteiger partial charge in [0.1, 0.15) is 5.76 Å². The molecular weight excluding hydrogens is 202 g/mol. The number of hydrogen-bond acceptors (Lipinski definition) is 3. The molecule has 0 spiro atoms. The Morgan fingerprint density at radius 2 is 2.19 bits per heavy atom. The van der Waals surface area contributed by atoms with Gasteiger partial charge in [0, 0.05) is 5.56 Å². The van der Waals surface area contributed by atoms with Crippen LogP contribution < -0.4 is 5.32 Å². The van der Waals surface area contributed by atoms with Crippen molar-refractivity contribution in [1.82, 2.24) is 5.32 Å². The fourth-order valence-corrected chi connectivity index (χ4v) is 1.77. The van der Waals surface area contributed by atoms with Gasteiger partial charge in [0.25, 0.3) is 0 Å². The van der Waals surface area contributed by atoms with Gasteiger partial charge < -0.3 is 14.2 Å². The third-order valence-electron chi connectivity index (χ3n) is 2.64. The first kappa shape index (κ1) is 11.0. The summed E-state index contributed by atoms with van der Waals surface area (Å²) in [5, 5.41) is 3.46. The third-order valence-corrected chi connectivity index (χ3v) is 2.64.